The normalized spacial score (nSPS) is 12.6. The predicted molar refractivity (Wildman–Crippen MR) is 67.7 cm³/mol. The van der Waals surface area contributed by atoms with E-state index in [0.717, 1.165) is 19.5 Å². The van der Waals surface area contributed by atoms with Crippen LogP contribution >= 0.6 is 0 Å². The topological polar surface area (TPSA) is 34.0 Å². The third-order valence-corrected chi connectivity index (χ3v) is 2.82. The molecule has 3 heteroatoms. The number of rotatable bonds is 7. The van der Waals surface area contributed by atoms with Crippen molar-refractivity contribution in [1.82, 2.24) is 9.88 Å². The van der Waals surface area contributed by atoms with Crippen molar-refractivity contribution in [1.29, 1.82) is 0 Å². The first-order valence-electron chi connectivity index (χ1n) is 6.15. The molecule has 0 aliphatic carbocycles. The molecule has 0 radical (unpaired) electrons. The molecule has 1 rings (SSSR count). The number of aryl methyl sites for hydroxylation is 1. The fraction of sp³-hybridized carbons (Fsp3) is 0.615. The molecule has 0 amide bonds. The Morgan fingerprint density at radius 2 is 2.00 bits per heavy atom. The summed E-state index contributed by atoms with van der Waals surface area (Å²) in [6.07, 6.45) is 7.23. The molecule has 0 saturated heterocycles. The van der Waals surface area contributed by atoms with Crippen LogP contribution in [-0.2, 0) is 6.54 Å². The minimum atomic E-state index is 0.0790. The first kappa shape index (κ1) is 13.0. The number of nitrogens with one attached hydrogen (secondary N) is 1. The van der Waals surface area contributed by atoms with Gasteiger partial charge in [-0.25, -0.2) is 0 Å². The lowest BCUT2D eigenvalue weighted by Gasteiger charge is -2.15. The Bertz CT molecular complexity index is 326. The molecule has 1 heterocycles. The van der Waals surface area contributed by atoms with E-state index in [1.807, 2.05) is 12.4 Å². The lowest BCUT2D eigenvalue weighted by Crippen LogP contribution is -2.28. The van der Waals surface area contributed by atoms with Crippen LogP contribution in [0.1, 0.15) is 33.1 Å². The van der Waals surface area contributed by atoms with E-state index in [-0.39, 0.29) is 5.43 Å². The number of nitrogens with zero attached hydrogens (tertiary/aromatic N) is 1. The molecule has 0 spiro atoms. The molecule has 0 aliphatic rings. The highest BCUT2D eigenvalue weighted by Crippen LogP contribution is 2.03. The van der Waals surface area contributed by atoms with Crippen molar-refractivity contribution in [2.24, 2.45) is 0 Å². The van der Waals surface area contributed by atoms with E-state index in [0.29, 0.717) is 6.04 Å². The first-order valence-corrected chi connectivity index (χ1v) is 6.15. The van der Waals surface area contributed by atoms with Crippen molar-refractivity contribution in [3.8, 4) is 0 Å². The van der Waals surface area contributed by atoms with E-state index in [4.69, 9.17) is 0 Å². The van der Waals surface area contributed by atoms with Crippen LogP contribution in [0.25, 0.3) is 0 Å². The van der Waals surface area contributed by atoms with Crippen molar-refractivity contribution >= 4 is 0 Å². The van der Waals surface area contributed by atoms with E-state index < -0.39 is 0 Å². The van der Waals surface area contributed by atoms with Gasteiger partial charge < -0.3 is 9.88 Å². The summed E-state index contributed by atoms with van der Waals surface area (Å²) in [6, 6.07) is 3.85. The van der Waals surface area contributed by atoms with Gasteiger partial charge in [-0.1, -0.05) is 13.8 Å². The van der Waals surface area contributed by atoms with E-state index >= 15 is 0 Å². The van der Waals surface area contributed by atoms with Crippen LogP contribution in [0.4, 0.5) is 0 Å². The molecule has 16 heavy (non-hydrogen) atoms. The van der Waals surface area contributed by atoms with Gasteiger partial charge in [0, 0.05) is 37.1 Å². The summed E-state index contributed by atoms with van der Waals surface area (Å²) in [4.78, 5) is 10.9. The van der Waals surface area contributed by atoms with Crippen molar-refractivity contribution in [2.45, 2.75) is 45.7 Å². The summed E-state index contributed by atoms with van der Waals surface area (Å²) < 4.78 is 2.07. The molecule has 1 unspecified atom stereocenters. The molecular formula is C13H22N2O. The molecule has 0 aliphatic heterocycles. The van der Waals surface area contributed by atoms with Gasteiger partial charge in [-0.3, -0.25) is 4.79 Å². The van der Waals surface area contributed by atoms with E-state index in [2.05, 4.69) is 23.7 Å². The highest BCUT2D eigenvalue weighted by atomic mass is 16.1. The molecule has 1 aromatic heterocycles. The number of pyridine rings is 1. The van der Waals surface area contributed by atoms with Gasteiger partial charge in [0.15, 0.2) is 5.43 Å². The zero-order chi connectivity index (χ0) is 11.8. The molecule has 1 aromatic rings. The predicted octanol–water partition coefficient (Wildman–Crippen LogP) is 2.02. The number of hydrogen-bond donors (Lipinski definition) is 1. The minimum Gasteiger partial charge on any atom is -0.354 e. The summed E-state index contributed by atoms with van der Waals surface area (Å²) in [6.45, 7) is 6.38. The molecule has 1 N–H and O–H groups in total. The van der Waals surface area contributed by atoms with Crippen LogP contribution in [0.15, 0.2) is 29.3 Å². The SMILES string of the molecule is CCNC(CC)CCCn1ccc(=O)cc1. The van der Waals surface area contributed by atoms with Gasteiger partial charge in [0.25, 0.3) is 0 Å². The summed E-state index contributed by atoms with van der Waals surface area (Å²) in [7, 11) is 0. The van der Waals surface area contributed by atoms with Gasteiger partial charge in [0.05, 0.1) is 0 Å². The van der Waals surface area contributed by atoms with Gasteiger partial charge in [0.1, 0.15) is 0 Å². The molecule has 90 valence electrons. The second-order valence-corrected chi connectivity index (χ2v) is 4.08. The third kappa shape index (κ3) is 4.62. The monoisotopic (exact) mass is 222 g/mol. The molecule has 3 nitrogen and oxygen atoms in total. The highest BCUT2D eigenvalue weighted by Gasteiger charge is 2.03. The standard InChI is InChI=1S/C13H22N2O/c1-3-12(14-4-2)6-5-9-15-10-7-13(16)8-11-15/h7-8,10-12,14H,3-6,9H2,1-2H3. The lowest BCUT2D eigenvalue weighted by molar-refractivity contribution is 0.448. The summed E-state index contributed by atoms with van der Waals surface area (Å²) in [5.41, 5.74) is 0.0790. The maximum atomic E-state index is 10.9. The zero-order valence-corrected chi connectivity index (χ0v) is 10.3. The Morgan fingerprint density at radius 1 is 1.31 bits per heavy atom. The molecule has 0 aromatic carbocycles. The van der Waals surface area contributed by atoms with Crippen molar-refractivity contribution in [3.63, 3.8) is 0 Å². The number of hydrogen-bond acceptors (Lipinski definition) is 2. The van der Waals surface area contributed by atoms with Crippen molar-refractivity contribution in [3.05, 3.63) is 34.7 Å². The van der Waals surface area contributed by atoms with Crippen molar-refractivity contribution in [2.75, 3.05) is 6.54 Å². The Hall–Kier alpha value is -1.09. The average molecular weight is 222 g/mol. The van der Waals surface area contributed by atoms with Crippen LogP contribution in [0.2, 0.25) is 0 Å². The molecular weight excluding hydrogens is 200 g/mol. The Kier molecular flexibility index (Phi) is 5.86. The third-order valence-electron chi connectivity index (χ3n) is 2.82. The van der Waals surface area contributed by atoms with Crippen LogP contribution in [0.3, 0.4) is 0 Å². The van der Waals surface area contributed by atoms with Crippen molar-refractivity contribution < 1.29 is 0 Å². The maximum Gasteiger partial charge on any atom is 0.181 e. The quantitative estimate of drug-likeness (QED) is 0.766. The molecule has 0 fully saturated rings. The van der Waals surface area contributed by atoms with Gasteiger partial charge in [-0.05, 0) is 25.8 Å². The summed E-state index contributed by atoms with van der Waals surface area (Å²) in [5.74, 6) is 0. The highest BCUT2D eigenvalue weighted by molar-refractivity contribution is 4.93. The second kappa shape index (κ2) is 7.23. The van der Waals surface area contributed by atoms with E-state index in [1.165, 1.54) is 12.8 Å². The molecule has 0 bridgehead atoms. The van der Waals surface area contributed by atoms with Gasteiger partial charge in [-0.15, -0.1) is 0 Å². The minimum absolute atomic E-state index is 0.0790. The smallest absolute Gasteiger partial charge is 0.181 e. The zero-order valence-electron chi connectivity index (χ0n) is 10.3. The Labute approximate surface area is 97.5 Å². The molecule has 0 saturated carbocycles. The van der Waals surface area contributed by atoms with E-state index in [1.54, 1.807) is 12.1 Å². The fourth-order valence-electron chi connectivity index (χ4n) is 1.85. The lowest BCUT2D eigenvalue weighted by atomic mass is 10.1. The van der Waals surface area contributed by atoms with Crippen LogP contribution in [-0.4, -0.2) is 17.2 Å². The van der Waals surface area contributed by atoms with Gasteiger partial charge in [-0.2, -0.15) is 0 Å². The largest absolute Gasteiger partial charge is 0.354 e. The average Bonchev–Trinajstić information content (AvgIpc) is 2.30. The summed E-state index contributed by atoms with van der Waals surface area (Å²) >= 11 is 0. The van der Waals surface area contributed by atoms with Crippen LogP contribution in [0, 0.1) is 0 Å². The maximum absolute atomic E-state index is 10.9. The molecule has 1 atom stereocenters. The van der Waals surface area contributed by atoms with Crippen LogP contribution in [0.5, 0.6) is 0 Å². The first-order chi connectivity index (χ1) is 7.76. The van der Waals surface area contributed by atoms with Gasteiger partial charge >= 0.3 is 0 Å². The van der Waals surface area contributed by atoms with Crippen LogP contribution < -0.4 is 10.7 Å². The Balaban J connectivity index is 2.29. The Morgan fingerprint density at radius 3 is 2.56 bits per heavy atom. The number of aromatic nitrogens is 1. The fourth-order valence-corrected chi connectivity index (χ4v) is 1.85. The van der Waals surface area contributed by atoms with E-state index in [9.17, 15) is 4.79 Å². The van der Waals surface area contributed by atoms with Gasteiger partial charge in [0.2, 0.25) is 0 Å². The summed E-state index contributed by atoms with van der Waals surface area (Å²) in [5, 5.41) is 3.47. The second-order valence-electron chi connectivity index (χ2n) is 4.08.